The van der Waals surface area contributed by atoms with Crippen LogP contribution >= 0.6 is 0 Å². The fraction of sp³-hybridized carbons (Fsp3) is 0.688. The third-order valence-corrected chi connectivity index (χ3v) is 3.61. The first-order chi connectivity index (χ1) is 8.99. The highest BCUT2D eigenvalue weighted by Gasteiger charge is 2.16. The van der Waals surface area contributed by atoms with Gasteiger partial charge in [0.1, 0.15) is 6.54 Å². The zero-order valence-electron chi connectivity index (χ0n) is 12.4. The number of nitrogens with zero attached hydrogens (tertiary/aromatic N) is 1. The summed E-state index contributed by atoms with van der Waals surface area (Å²) in [5, 5.41) is 8.55. The summed E-state index contributed by atoms with van der Waals surface area (Å²) in [7, 11) is 4.58. The molecule has 0 spiro atoms. The van der Waals surface area contributed by atoms with Crippen LogP contribution < -0.4 is 0 Å². The van der Waals surface area contributed by atoms with E-state index in [1.807, 2.05) is 0 Å². The maximum Gasteiger partial charge on any atom is 0.303 e. The molecule has 19 heavy (non-hydrogen) atoms. The number of rotatable bonds is 10. The fourth-order valence-corrected chi connectivity index (χ4v) is 2.54. The summed E-state index contributed by atoms with van der Waals surface area (Å²) in [4.78, 5) is 10.4. The molecule has 1 N–H and O–H groups in total. The largest absolute Gasteiger partial charge is 0.481 e. The highest BCUT2D eigenvalue weighted by Crippen LogP contribution is 2.15. The van der Waals surface area contributed by atoms with Crippen LogP contribution in [0.5, 0.6) is 0 Å². The van der Waals surface area contributed by atoms with Crippen LogP contribution in [0, 0.1) is 0 Å². The first-order valence-corrected chi connectivity index (χ1v) is 7.39. The lowest BCUT2D eigenvalue weighted by atomic mass is 10.1. The second-order valence-electron chi connectivity index (χ2n) is 6.15. The van der Waals surface area contributed by atoms with E-state index < -0.39 is 5.97 Å². The van der Waals surface area contributed by atoms with Gasteiger partial charge in [0.25, 0.3) is 0 Å². The molecule has 0 radical (unpaired) electrons. The number of carboxylic acids is 1. The summed E-state index contributed by atoms with van der Waals surface area (Å²) in [6.45, 7) is 2.32. The van der Waals surface area contributed by atoms with Crippen molar-refractivity contribution in [2.24, 2.45) is 0 Å². The van der Waals surface area contributed by atoms with Crippen LogP contribution in [0.4, 0.5) is 0 Å². The van der Waals surface area contributed by atoms with Crippen LogP contribution in [0.1, 0.15) is 44.9 Å². The van der Waals surface area contributed by atoms with Crippen LogP contribution in [0.15, 0.2) is 23.8 Å². The number of aliphatic carboxylic acids is 1. The Morgan fingerprint density at radius 2 is 1.89 bits per heavy atom. The van der Waals surface area contributed by atoms with Crippen LogP contribution in [-0.2, 0) is 4.79 Å². The maximum atomic E-state index is 10.4. The molecule has 0 aromatic heterocycles. The second-order valence-corrected chi connectivity index (χ2v) is 6.15. The van der Waals surface area contributed by atoms with Gasteiger partial charge in [0.05, 0.1) is 20.6 Å². The van der Waals surface area contributed by atoms with Crippen molar-refractivity contribution in [3.8, 4) is 0 Å². The van der Waals surface area contributed by atoms with E-state index in [1.165, 1.54) is 25.0 Å². The van der Waals surface area contributed by atoms with E-state index in [4.69, 9.17) is 5.11 Å². The minimum Gasteiger partial charge on any atom is -0.481 e. The van der Waals surface area contributed by atoms with Crippen molar-refractivity contribution in [3.05, 3.63) is 23.8 Å². The Hall–Kier alpha value is -1.09. The zero-order valence-corrected chi connectivity index (χ0v) is 12.4. The average molecular weight is 266 g/mol. The number of likely N-dealkylation sites (N-methyl/N-ethyl adjacent to an activating group) is 1. The number of allylic oxidation sites excluding steroid dienone is 2. The van der Waals surface area contributed by atoms with E-state index in [-0.39, 0.29) is 0 Å². The van der Waals surface area contributed by atoms with E-state index in [0.29, 0.717) is 6.42 Å². The van der Waals surface area contributed by atoms with E-state index in [2.05, 4.69) is 32.3 Å². The maximum absolute atomic E-state index is 10.4. The number of hydrogen-bond acceptors (Lipinski definition) is 1. The molecule has 0 aliphatic heterocycles. The molecule has 3 nitrogen and oxygen atoms in total. The molecule has 0 fully saturated rings. The molecule has 1 aliphatic rings. The summed E-state index contributed by atoms with van der Waals surface area (Å²) in [6.07, 6.45) is 13.7. The molecule has 0 bridgehead atoms. The van der Waals surface area contributed by atoms with E-state index in [0.717, 1.165) is 36.7 Å². The van der Waals surface area contributed by atoms with Crippen molar-refractivity contribution in [3.63, 3.8) is 0 Å². The molecule has 3 heteroatoms. The Morgan fingerprint density at radius 3 is 2.53 bits per heavy atom. The van der Waals surface area contributed by atoms with Gasteiger partial charge in [0.15, 0.2) is 0 Å². The standard InChI is InChI=1S/C16H27NO2/c1-17(2,14-15-10-7-8-11-15)13-9-5-3-4-6-12-16(18)19/h7,10-11H,3-6,8-9,12-14H2,1-2H3/p+1. The van der Waals surface area contributed by atoms with E-state index in [1.54, 1.807) is 0 Å². The van der Waals surface area contributed by atoms with E-state index in [9.17, 15) is 4.79 Å². The molecular weight excluding hydrogens is 238 g/mol. The van der Waals surface area contributed by atoms with Crippen LogP contribution in [0.2, 0.25) is 0 Å². The van der Waals surface area contributed by atoms with Crippen molar-refractivity contribution < 1.29 is 14.4 Å². The van der Waals surface area contributed by atoms with Crippen molar-refractivity contribution in [1.82, 2.24) is 0 Å². The van der Waals surface area contributed by atoms with Crippen LogP contribution in [-0.4, -0.2) is 42.7 Å². The van der Waals surface area contributed by atoms with Crippen molar-refractivity contribution in [2.75, 3.05) is 27.2 Å². The average Bonchev–Trinajstić information content (AvgIpc) is 2.79. The highest BCUT2D eigenvalue weighted by molar-refractivity contribution is 5.66. The molecule has 0 saturated heterocycles. The first kappa shape index (κ1) is 16.0. The summed E-state index contributed by atoms with van der Waals surface area (Å²) in [5.41, 5.74) is 1.46. The predicted octanol–water partition coefficient (Wildman–Crippen LogP) is 3.37. The minimum atomic E-state index is -0.671. The second kappa shape index (κ2) is 8.16. The van der Waals surface area contributed by atoms with Gasteiger partial charge in [-0.3, -0.25) is 4.79 Å². The van der Waals surface area contributed by atoms with Crippen molar-refractivity contribution in [2.45, 2.75) is 44.9 Å². The number of quaternary nitrogens is 1. The molecule has 0 atom stereocenters. The Labute approximate surface area is 117 Å². The Bertz CT molecular complexity index is 343. The SMILES string of the molecule is C[N+](C)(CCCCCCCC(=O)O)CC1=CCC=C1. The zero-order chi connectivity index (χ0) is 14.1. The summed E-state index contributed by atoms with van der Waals surface area (Å²) >= 11 is 0. The van der Waals surface area contributed by atoms with Crippen molar-refractivity contribution >= 4 is 5.97 Å². The number of carboxylic acid groups (broad SMARTS) is 1. The molecule has 1 aliphatic carbocycles. The van der Waals surface area contributed by atoms with Gasteiger partial charge in [-0.2, -0.15) is 0 Å². The quantitative estimate of drug-likeness (QED) is 0.486. The van der Waals surface area contributed by atoms with Gasteiger partial charge in [-0.15, -0.1) is 0 Å². The third kappa shape index (κ3) is 7.83. The van der Waals surface area contributed by atoms with Crippen molar-refractivity contribution in [1.29, 1.82) is 0 Å². The summed E-state index contributed by atoms with van der Waals surface area (Å²) < 4.78 is 1.05. The topological polar surface area (TPSA) is 37.3 Å². The lowest BCUT2D eigenvalue weighted by Gasteiger charge is -2.30. The van der Waals surface area contributed by atoms with Gasteiger partial charge < -0.3 is 9.59 Å². The minimum absolute atomic E-state index is 0.321. The van der Waals surface area contributed by atoms with Crippen LogP contribution in [0.25, 0.3) is 0 Å². The van der Waals surface area contributed by atoms with Crippen LogP contribution in [0.3, 0.4) is 0 Å². The van der Waals surface area contributed by atoms with Gasteiger partial charge >= 0.3 is 5.97 Å². The summed E-state index contributed by atoms with van der Waals surface area (Å²) in [5.74, 6) is -0.671. The first-order valence-electron chi connectivity index (χ1n) is 7.39. The van der Waals surface area contributed by atoms with Gasteiger partial charge in [0, 0.05) is 12.0 Å². The molecule has 1 rings (SSSR count). The Kier molecular flexibility index (Phi) is 6.85. The normalized spacial score (nSPS) is 14.7. The lowest BCUT2D eigenvalue weighted by molar-refractivity contribution is -0.885. The van der Waals surface area contributed by atoms with Gasteiger partial charge in [-0.05, 0) is 25.7 Å². The Morgan fingerprint density at radius 1 is 1.21 bits per heavy atom. The predicted molar refractivity (Wildman–Crippen MR) is 79.0 cm³/mol. The lowest BCUT2D eigenvalue weighted by Crippen LogP contribution is -2.41. The smallest absolute Gasteiger partial charge is 0.303 e. The molecule has 0 amide bonds. The molecule has 0 aromatic carbocycles. The highest BCUT2D eigenvalue weighted by atomic mass is 16.4. The summed E-state index contributed by atoms with van der Waals surface area (Å²) in [6, 6.07) is 0. The molecule has 0 aromatic rings. The molecule has 0 heterocycles. The number of hydrogen-bond donors (Lipinski definition) is 1. The Balaban J connectivity index is 2.04. The molecular formula is C16H28NO2+. The number of carbonyl (C=O) groups is 1. The molecule has 0 unspecified atom stereocenters. The van der Waals surface area contributed by atoms with E-state index >= 15 is 0 Å². The van der Waals surface area contributed by atoms with Gasteiger partial charge in [-0.1, -0.05) is 31.1 Å². The number of unbranched alkanes of at least 4 members (excludes halogenated alkanes) is 4. The van der Waals surface area contributed by atoms with Gasteiger partial charge in [0.2, 0.25) is 0 Å². The molecule has 0 saturated carbocycles. The monoisotopic (exact) mass is 266 g/mol. The third-order valence-electron chi connectivity index (χ3n) is 3.61. The van der Waals surface area contributed by atoms with Gasteiger partial charge in [-0.25, -0.2) is 0 Å². The molecule has 108 valence electrons. The fourth-order valence-electron chi connectivity index (χ4n) is 2.54.